The van der Waals surface area contributed by atoms with E-state index in [1.165, 1.54) is 6.92 Å². The predicted octanol–water partition coefficient (Wildman–Crippen LogP) is 3.98. The van der Waals surface area contributed by atoms with Gasteiger partial charge in [0.1, 0.15) is 0 Å². The Labute approximate surface area is 154 Å². The highest BCUT2D eigenvalue weighted by atomic mass is 79.9. The molecule has 0 aliphatic heterocycles. The number of hydrogen-bond donors (Lipinski definition) is 1. The molecule has 1 amide bonds. The summed E-state index contributed by atoms with van der Waals surface area (Å²) in [6.07, 6.45) is -0.962. The van der Waals surface area contributed by atoms with Crippen molar-refractivity contribution < 1.29 is 19.1 Å². The Bertz CT molecular complexity index is 744. The lowest BCUT2D eigenvalue weighted by Gasteiger charge is -2.13. The molecule has 0 saturated carbocycles. The molecule has 130 valence electrons. The highest BCUT2D eigenvalue weighted by Crippen LogP contribution is 2.14. The van der Waals surface area contributed by atoms with Gasteiger partial charge < -0.3 is 10.1 Å². The van der Waals surface area contributed by atoms with Crippen LogP contribution in [0.25, 0.3) is 0 Å². The van der Waals surface area contributed by atoms with Crippen molar-refractivity contribution in [3.63, 3.8) is 0 Å². The van der Waals surface area contributed by atoms with Gasteiger partial charge in [-0.25, -0.2) is 0 Å². The molecule has 0 bridgehead atoms. The number of ketones is 1. The first-order valence-corrected chi connectivity index (χ1v) is 8.59. The molecule has 0 unspecified atom stereocenters. The van der Waals surface area contributed by atoms with Crippen LogP contribution in [0.3, 0.4) is 0 Å². The number of hydrogen-bond acceptors (Lipinski definition) is 4. The van der Waals surface area contributed by atoms with Crippen LogP contribution in [-0.4, -0.2) is 23.8 Å². The maximum absolute atomic E-state index is 12.0. The monoisotopic (exact) mass is 403 g/mol. The average molecular weight is 404 g/mol. The van der Waals surface area contributed by atoms with Gasteiger partial charge in [-0.1, -0.05) is 46.3 Å². The molecule has 5 nitrogen and oxygen atoms in total. The third-order valence-electron chi connectivity index (χ3n) is 3.44. The summed E-state index contributed by atoms with van der Waals surface area (Å²) < 4.78 is 5.98. The molecular formula is C19H18BrNO4. The van der Waals surface area contributed by atoms with Crippen molar-refractivity contribution in [2.45, 2.75) is 25.9 Å². The third kappa shape index (κ3) is 6.15. The van der Waals surface area contributed by atoms with Gasteiger partial charge in [0, 0.05) is 22.1 Å². The summed E-state index contributed by atoms with van der Waals surface area (Å²) in [7, 11) is 0. The molecular weight excluding hydrogens is 386 g/mol. The second-order valence-corrected chi connectivity index (χ2v) is 6.33. The molecule has 0 spiro atoms. The van der Waals surface area contributed by atoms with Crippen LogP contribution in [0.15, 0.2) is 59.1 Å². The first kappa shape index (κ1) is 18.9. The number of rotatable bonds is 7. The Kier molecular flexibility index (Phi) is 6.89. The lowest BCUT2D eigenvalue weighted by atomic mass is 10.1. The first-order valence-electron chi connectivity index (χ1n) is 7.80. The van der Waals surface area contributed by atoms with E-state index in [0.717, 1.165) is 4.47 Å². The smallest absolute Gasteiger partial charge is 0.307 e. The Balaban J connectivity index is 1.78. The van der Waals surface area contributed by atoms with Gasteiger partial charge in [-0.2, -0.15) is 0 Å². The van der Waals surface area contributed by atoms with Gasteiger partial charge in [-0.15, -0.1) is 0 Å². The average Bonchev–Trinajstić information content (AvgIpc) is 2.62. The number of carbonyl (C=O) groups excluding carboxylic acids is 3. The van der Waals surface area contributed by atoms with E-state index in [4.69, 9.17) is 4.74 Å². The van der Waals surface area contributed by atoms with Gasteiger partial charge in [0.15, 0.2) is 11.9 Å². The zero-order chi connectivity index (χ0) is 18.2. The van der Waals surface area contributed by atoms with Crippen molar-refractivity contribution in [3.05, 3.63) is 64.6 Å². The number of halogens is 1. The Hall–Kier alpha value is -2.47. The van der Waals surface area contributed by atoms with Crippen LogP contribution in [-0.2, 0) is 14.3 Å². The number of nitrogens with one attached hydrogen (secondary N) is 1. The maximum atomic E-state index is 12.0. The lowest BCUT2D eigenvalue weighted by molar-refractivity contribution is -0.153. The topological polar surface area (TPSA) is 72.5 Å². The van der Waals surface area contributed by atoms with E-state index in [2.05, 4.69) is 21.2 Å². The Morgan fingerprint density at radius 1 is 1.00 bits per heavy atom. The molecule has 1 N–H and O–H groups in total. The van der Waals surface area contributed by atoms with Crippen LogP contribution >= 0.6 is 15.9 Å². The fraction of sp³-hybridized carbons (Fsp3) is 0.211. The molecule has 1 atom stereocenters. The summed E-state index contributed by atoms with van der Waals surface area (Å²) in [6, 6.07) is 15.8. The number of anilines is 1. The molecule has 2 rings (SSSR count). The zero-order valence-corrected chi connectivity index (χ0v) is 15.3. The highest BCUT2D eigenvalue weighted by Gasteiger charge is 2.18. The van der Waals surface area contributed by atoms with Gasteiger partial charge in [0.2, 0.25) is 0 Å². The third-order valence-corrected chi connectivity index (χ3v) is 3.97. The van der Waals surface area contributed by atoms with Crippen LogP contribution in [0.1, 0.15) is 30.1 Å². The number of amides is 1. The van der Waals surface area contributed by atoms with Gasteiger partial charge in [0.25, 0.3) is 5.91 Å². The molecule has 2 aromatic rings. The number of Topliss-reactive ketones (excluding diaryl/α,β-unsaturated/α-hetero) is 1. The predicted molar refractivity (Wildman–Crippen MR) is 98.3 cm³/mol. The van der Waals surface area contributed by atoms with E-state index in [-0.39, 0.29) is 18.6 Å². The number of carbonyl (C=O) groups is 3. The van der Waals surface area contributed by atoms with Crippen molar-refractivity contribution in [2.75, 3.05) is 5.32 Å². The molecule has 6 heteroatoms. The number of esters is 1. The molecule has 25 heavy (non-hydrogen) atoms. The van der Waals surface area contributed by atoms with E-state index in [1.54, 1.807) is 48.5 Å². The zero-order valence-electron chi connectivity index (χ0n) is 13.7. The van der Waals surface area contributed by atoms with Gasteiger partial charge >= 0.3 is 5.97 Å². The second kappa shape index (κ2) is 9.13. The summed E-state index contributed by atoms with van der Waals surface area (Å²) >= 11 is 3.31. The van der Waals surface area contributed by atoms with Gasteiger partial charge in [-0.3, -0.25) is 14.4 Å². The normalized spacial score (nSPS) is 11.4. The number of ether oxygens (including phenoxy) is 1. The first-order chi connectivity index (χ1) is 12.0. The largest absolute Gasteiger partial charge is 0.453 e. The quantitative estimate of drug-likeness (QED) is 0.560. The van der Waals surface area contributed by atoms with Crippen molar-refractivity contribution in [1.82, 2.24) is 0 Å². The van der Waals surface area contributed by atoms with Gasteiger partial charge in [-0.05, 0) is 31.2 Å². The Morgan fingerprint density at radius 2 is 1.64 bits per heavy atom. The Morgan fingerprint density at radius 3 is 2.28 bits per heavy atom. The molecule has 0 radical (unpaired) electrons. The van der Waals surface area contributed by atoms with E-state index in [0.29, 0.717) is 11.3 Å². The van der Waals surface area contributed by atoms with E-state index < -0.39 is 18.0 Å². The highest BCUT2D eigenvalue weighted by molar-refractivity contribution is 9.10. The summed E-state index contributed by atoms with van der Waals surface area (Å²) in [5, 5.41) is 2.66. The summed E-state index contributed by atoms with van der Waals surface area (Å²) in [5.74, 6) is -1.14. The van der Waals surface area contributed by atoms with Crippen LogP contribution in [0.4, 0.5) is 5.69 Å². The minimum Gasteiger partial charge on any atom is -0.453 e. The molecule has 0 saturated heterocycles. The molecule has 2 aromatic carbocycles. The second-order valence-electron chi connectivity index (χ2n) is 5.42. The van der Waals surface area contributed by atoms with Crippen molar-refractivity contribution >= 4 is 39.3 Å². The molecule has 0 aromatic heterocycles. The van der Waals surface area contributed by atoms with Crippen molar-refractivity contribution in [3.8, 4) is 0 Å². The van der Waals surface area contributed by atoms with Crippen molar-refractivity contribution in [1.29, 1.82) is 0 Å². The summed E-state index contributed by atoms with van der Waals surface area (Å²) in [5.41, 5.74) is 1.16. The van der Waals surface area contributed by atoms with Crippen LogP contribution in [0, 0.1) is 0 Å². The van der Waals surface area contributed by atoms with Crippen molar-refractivity contribution in [2.24, 2.45) is 0 Å². The lowest BCUT2D eigenvalue weighted by Crippen LogP contribution is -2.30. The van der Waals surface area contributed by atoms with E-state index in [9.17, 15) is 14.4 Å². The molecule has 0 aliphatic carbocycles. The van der Waals surface area contributed by atoms with Gasteiger partial charge in [0.05, 0.1) is 6.42 Å². The SMILES string of the molecule is C[C@@H](OC(=O)CCC(=O)c1ccccc1)C(=O)Nc1ccc(Br)cc1. The fourth-order valence-corrected chi connectivity index (χ4v) is 2.34. The van der Waals surface area contributed by atoms with Crippen LogP contribution in [0.5, 0.6) is 0 Å². The summed E-state index contributed by atoms with van der Waals surface area (Å²) in [4.78, 5) is 35.8. The summed E-state index contributed by atoms with van der Waals surface area (Å²) in [6.45, 7) is 1.49. The van der Waals surface area contributed by atoms with E-state index in [1.807, 2.05) is 6.07 Å². The minimum absolute atomic E-state index is 0.0455. The standard InChI is InChI=1S/C19H18BrNO4/c1-13(19(24)21-16-9-7-15(20)8-10-16)25-18(23)12-11-17(22)14-5-3-2-4-6-14/h2-10,13H,11-12H2,1H3,(H,21,24)/t13-/m1/s1. The maximum Gasteiger partial charge on any atom is 0.307 e. The molecule has 0 fully saturated rings. The van der Waals surface area contributed by atoms with Crippen LogP contribution < -0.4 is 5.32 Å². The number of benzene rings is 2. The fourth-order valence-electron chi connectivity index (χ4n) is 2.07. The van der Waals surface area contributed by atoms with E-state index >= 15 is 0 Å². The molecule has 0 aliphatic rings. The molecule has 0 heterocycles. The minimum atomic E-state index is -0.942. The van der Waals surface area contributed by atoms with Crippen LogP contribution in [0.2, 0.25) is 0 Å².